The van der Waals surface area contributed by atoms with Crippen LogP contribution in [0.4, 0.5) is 0 Å². The molecule has 0 spiro atoms. The number of carbonyl (C=O) groups excluding carboxylic acids is 1. The molecule has 1 amide bonds. The van der Waals surface area contributed by atoms with E-state index >= 15 is 0 Å². The van der Waals surface area contributed by atoms with Crippen LogP contribution in [0.5, 0.6) is 0 Å². The highest BCUT2D eigenvalue weighted by Gasteiger charge is 2.27. The summed E-state index contributed by atoms with van der Waals surface area (Å²) in [5.74, 6) is -0.0998. The van der Waals surface area contributed by atoms with Gasteiger partial charge in [0.2, 0.25) is 5.91 Å². The van der Waals surface area contributed by atoms with Crippen molar-refractivity contribution in [2.45, 2.75) is 96.6 Å². The molecule has 0 aliphatic carbocycles. The molecule has 1 unspecified atom stereocenters. The number of aliphatic hydroxyl groups is 1. The molecule has 0 aromatic rings. The maximum absolute atomic E-state index is 12.4. The first-order valence-corrected chi connectivity index (χ1v) is 13.5. The van der Waals surface area contributed by atoms with E-state index in [9.17, 15) is 19.4 Å². The standard InChI is InChI=1S/C22H47N2O5P/c1-6-8-10-11-13-14-21(25)20(23-22(26)15-12-9-7-2)16-19-30(27,28)29-18-17-24(3,4)5/h20-21,25H,6-19H2,1-5H3,(H-,23,26,27,28)/p+1/t20-,21+/m0/s1. The van der Waals surface area contributed by atoms with Crippen molar-refractivity contribution in [1.29, 1.82) is 0 Å². The molecule has 0 rings (SSSR count). The van der Waals surface area contributed by atoms with Crippen LogP contribution in [0.2, 0.25) is 0 Å². The third kappa shape index (κ3) is 17.2. The fourth-order valence-electron chi connectivity index (χ4n) is 3.16. The fourth-order valence-corrected chi connectivity index (χ4v) is 4.26. The minimum absolute atomic E-state index is 0.0725. The Labute approximate surface area is 184 Å². The van der Waals surface area contributed by atoms with Crippen molar-refractivity contribution in [3.63, 3.8) is 0 Å². The highest BCUT2D eigenvalue weighted by Crippen LogP contribution is 2.42. The quantitative estimate of drug-likeness (QED) is 0.156. The van der Waals surface area contributed by atoms with Crippen LogP contribution in [0.3, 0.4) is 0 Å². The molecule has 3 atom stereocenters. The molecule has 180 valence electrons. The van der Waals surface area contributed by atoms with Crippen molar-refractivity contribution in [2.24, 2.45) is 0 Å². The van der Waals surface area contributed by atoms with E-state index in [1.807, 2.05) is 21.1 Å². The van der Waals surface area contributed by atoms with Gasteiger partial charge in [-0.25, -0.2) is 0 Å². The van der Waals surface area contributed by atoms with Crippen LogP contribution < -0.4 is 5.32 Å². The second-order valence-corrected chi connectivity index (χ2v) is 11.4. The SMILES string of the molecule is CCCCCCC[C@@H](O)[C@H](CCP(=O)(O)OCC[N+](C)(C)C)NC(=O)CCCCC. The van der Waals surface area contributed by atoms with Gasteiger partial charge in [0, 0.05) is 6.42 Å². The van der Waals surface area contributed by atoms with Crippen LogP contribution in [0, 0.1) is 0 Å². The molecule has 0 aliphatic heterocycles. The number of carbonyl (C=O) groups is 1. The summed E-state index contributed by atoms with van der Waals surface area (Å²) in [7, 11) is 2.22. The summed E-state index contributed by atoms with van der Waals surface area (Å²) in [5, 5.41) is 13.5. The van der Waals surface area contributed by atoms with Crippen molar-refractivity contribution < 1.29 is 28.4 Å². The molecule has 3 N–H and O–H groups in total. The zero-order chi connectivity index (χ0) is 23.0. The normalized spacial score (nSPS) is 16.1. The Morgan fingerprint density at radius 2 is 1.60 bits per heavy atom. The van der Waals surface area contributed by atoms with E-state index in [1.165, 1.54) is 12.8 Å². The first kappa shape index (κ1) is 29.5. The summed E-state index contributed by atoms with van der Waals surface area (Å²) in [6.07, 6.45) is 8.72. The average molecular weight is 452 g/mol. The van der Waals surface area contributed by atoms with Crippen LogP contribution in [-0.4, -0.2) is 73.0 Å². The Balaban J connectivity index is 4.68. The van der Waals surface area contributed by atoms with Crippen molar-refractivity contribution in [2.75, 3.05) is 40.5 Å². The number of quaternary nitrogens is 1. The minimum Gasteiger partial charge on any atom is -0.391 e. The number of aliphatic hydroxyl groups excluding tert-OH is 1. The predicted octanol–water partition coefficient (Wildman–Crippen LogP) is 4.07. The van der Waals surface area contributed by atoms with Crippen LogP contribution in [0.25, 0.3) is 0 Å². The van der Waals surface area contributed by atoms with Gasteiger partial charge in [0.1, 0.15) is 13.2 Å². The Morgan fingerprint density at radius 1 is 1.00 bits per heavy atom. The van der Waals surface area contributed by atoms with Gasteiger partial charge in [0.15, 0.2) is 0 Å². The second-order valence-electron chi connectivity index (χ2n) is 9.40. The molecule has 0 saturated heterocycles. The molecule has 0 fully saturated rings. The molecule has 0 radical (unpaired) electrons. The smallest absolute Gasteiger partial charge is 0.328 e. The summed E-state index contributed by atoms with van der Waals surface area (Å²) in [6.45, 7) is 5.07. The largest absolute Gasteiger partial charge is 0.391 e. The first-order chi connectivity index (χ1) is 14.0. The topological polar surface area (TPSA) is 95.9 Å². The highest BCUT2D eigenvalue weighted by atomic mass is 31.2. The van der Waals surface area contributed by atoms with Gasteiger partial charge < -0.3 is 24.3 Å². The summed E-state index contributed by atoms with van der Waals surface area (Å²) < 4.78 is 18.3. The van der Waals surface area contributed by atoms with Crippen LogP contribution >= 0.6 is 7.60 Å². The van der Waals surface area contributed by atoms with Crippen molar-refractivity contribution in [1.82, 2.24) is 5.32 Å². The Bertz CT molecular complexity index is 496. The number of nitrogens with one attached hydrogen (secondary N) is 1. The predicted molar refractivity (Wildman–Crippen MR) is 124 cm³/mol. The van der Waals surface area contributed by atoms with Gasteiger partial charge in [-0.1, -0.05) is 58.8 Å². The lowest BCUT2D eigenvalue weighted by Gasteiger charge is -2.26. The third-order valence-electron chi connectivity index (χ3n) is 5.20. The lowest BCUT2D eigenvalue weighted by Crippen LogP contribution is -2.44. The van der Waals surface area contributed by atoms with Crippen LogP contribution in [0.15, 0.2) is 0 Å². The van der Waals surface area contributed by atoms with E-state index < -0.39 is 19.7 Å². The number of hydrogen-bond donors (Lipinski definition) is 3. The van der Waals surface area contributed by atoms with E-state index in [1.54, 1.807) is 0 Å². The van der Waals surface area contributed by atoms with Gasteiger partial charge in [-0.05, 0) is 19.3 Å². The van der Waals surface area contributed by atoms with Gasteiger partial charge >= 0.3 is 7.60 Å². The molecular formula is C22H48N2O5P+. The molecule has 0 aromatic heterocycles. The monoisotopic (exact) mass is 451 g/mol. The summed E-state index contributed by atoms with van der Waals surface area (Å²) in [4.78, 5) is 22.4. The zero-order valence-electron chi connectivity index (χ0n) is 20.1. The lowest BCUT2D eigenvalue weighted by molar-refractivity contribution is -0.870. The van der Waals surface area contributed by atoms with Gasteiger partial charge in [0.05, 0.1) is 39.5 Å². The van der Waals surface area contributed by atoms with Crippen molar-refractivity contribution >= 4 is 13.5 Å². The van der Waals surface area contributed by atoms with Gasteiger partial charge in [-0.2, -0.15) is 0 Å². The summed E-state index contributed by atoms with van der Waals surface area (Å²) in [6, 6.07) is -0.521. The third-order valence-corrected chi connectivity index (χ3v) is 6.61. The molecule has 0 aromatic carbocycles. The highest BCUT2D eigenvalue weighted by molar-refractivity contribution is 7.52. The van der Waals surface area contributed by atoms with E-state index in [0.29, 0.717) is 23.9 Å². The summed E-state index contributed by atoms with van der Waals surface area (Å²) in [5.41, 5.74) is 0. The van der Waals surface area contributed by atoms with Crippen molar-refractivity contribution in [3.8, 4) is 0 Å². The molecule has 30 heavy (non-hydrogen) atoms. The molecule has 0 saturated carbocycles. The second kappa shape index (κ2) is 16.2. The zero-order valence-corrected chi connectivity index (χ0v) is 21.0. The average Bonchev–Trinajstić information content (AvgIpc) is 2.63. The number of rotatable bonds is 19. The van der Waals surface area contributed by atoms with E-state index in [-0.39, 0.29) is 25.1 Å². The first-order valence-electron chi connectivity index (χ1n) is 11.7. The molecule has 7 nitrogen and oxygen atoms in total. The van der Waals surface area contributed by atoms with Crippen molar-refractivity contribution in [3.05, 3.63) is 0 Å². The van der Waals surface area contributed by atoms with Crippen LogP contribution in [0.1, 0.15) is 84.5 Å². The van der Waals surface area contributed by atoms with E-state index in [4.69, 9.17) is 4.52 Å². The Kier molecular flexibility index (Phi) is 16.0. The molecule has 0 aliphatic rings. The van der Waals surface area contributed by atoms with Gasteiger partial charge in [-0.3, -0.25) is 9.36 Å². The van der Waals surface area contributed by atoms with E-state index in [0.717, 1.165) is 38.5 Å². The minimum atomic E-state index is -3.75. The molecule has 8 heteroatoms. The molecular weight excluding hydrogens is 403 g/mol. The van der Waals surface area contributed by atoms with Crippen LogP contribution in [-0.2, 0) is 13.9 Å². The Hall–Kier alpha value is -0.460. The fraction of sp³-hybridized carbons (Fsp3) is 0.955. The molecule has 0 heterocycles. The number of nitrogens with zero attached hydrogens (tertiary/aromatic N) is 1. The number of hydrogen-bond acceptors (Lipinski definition) is 4. The lowest BCUT2D eigenvalue weighted by atomic mass is 10.0. The summed E-state index contributed by atoms with van der Waals surface area (Å²) >= 11 is 0. The maximum Gasteiger partial charge on any atom is 0.328 e. The number of amides is 1. The number of likely N-dealkylation sites (N-methyl/N-ethyl adjacent to an activating group) is 1. The Morgan fingerprint density at radius 3 is 2.20 bits per heavy atom. The maximum atomic E-state index is 12.4. The molecule has 0 bridgehead atoms. The van der Waals surface area contributed by atoms with Gasteiger partial charge in [0.25, 0.3) is 0 Å². The van der Waals surface area contributed by atoms with E-state index in [2.05, 4.69) is 19.2 Å². The van der Waals surface area contributed by atoms with Gasteiger partial charge in [-0.15, -0.1) is 0 Å². The number of unbranched alkanes of at least 4 members (excludes halogenated alkanes) is 6.